The van der Waals surface area contributed by atoms with E-state index in [0.717, 1.165) is 9.13 Å². The van der Waals surface area contributed by atoms with Crippen LogP contribution >= 0.6 is 22.6 Å². The number of sulfonamides is 1. The van der Waals surface area contributed by atoms with E-state index in [1.807, 2.05) is 30.3 Å². The molecule has 0 aliphatic heterocycles. The Labute approximate surface area is 188 Å². The number of halogens is 2. The summed E-state index contributed by atoms with van der Waals surface area (Å²) in [7, 11) is -3.94. The van der Waals surface area contributed by atoms with Gasteiger partial charge in [0.2, 0.25) is 15.9 Å². The molecule has 0 heterocycles. The van der Waals surface area contributed by atoms with Crippen LogP contribution in [0.2, 0.25) is 0 Å². The van der Waals surface area contributed by atoms with Gasteiger partial charge in [0, 0.05) is 14.8 Å². The Morgan fingerprint density at radius 3 is 2.33 bits per heavy atom. The minimum Gasteiger partial charge on any atom is -0.324 e. The second kappa shape index (κ2) is 9.67. The lowest BCUT2D eigenvalue weighted by molar-refractivity contribution is -0.117. The van der Waals surface area contributed by atoms with Gasteiger partial charge in [-0.1, -0.05) is 36.4 Å². The molecule has 8 heteroatoms. The fourth-order valence-electron chi connectivity index (χ4n) is 2.87. The molecule has 0 aromatic heterocycles. The summed E-state index contributed by atoms with van der Waals surface area (Å²) >= 11 is 2.08. The molecule has 0 spiro atoms. The SMILES string of the molecule is Cc1c(F)cccc1NC(=O)[C@@H](Cc1ccccc1)NS(=O)(=O)c1ccc(I)cc1. The van der Waals surface area contributed by atoms with E-state index < -0.39 is 27.8 Å². The zero-order valence-corrected chi connectivity index (χ0v) is 19.1. The molecule has 0 bridgehead atoms. The molecule has 0 fully saturated rings. The molecule has 0 saturated heterocycles. The van der Waals surface area contributed by atoms with Crippen molar-refractivity contribution >= 4 is 44.2 Å². The van der Waals surface area contributed by atoms with Crippen LogP contribution in [0, 0.1) is 16.3 Å². The molecule has 0 radical (unpaired) electrons. The Hall–Kier alpha value is -2.30. The highest BCUT2D eigenvalue weighted by atomic mass is 127. The minimum atomic E-state index is -3.94. The summed E-state index contributed by atoms with van der Waals surface area (Å²) in [4.78, 5) is 13.0. The minimum absolute atomic E-state index is 0.0655. The van der Waals surface area contributed by atoms with Crippen molar-refractivity contribution in [1.82, 2.24) is 4.72 Å². The third kappa shape index (κ3) is 5.65. The zero-order valence-electron chi connectivity index (χ0n) is 16.1. The maximum absolute atomic E-state index is 13.8. The lowest BCUT2D eigenvalue weighted by Gasteiger charge is -2.19. The van der Waals surface area contributed by atoms with Crippen molar-refractivity contribution < 1.29 is 17.6 Å². The van der Waals surface area contributed by atoms with Crippen LogP contribution in [0.25, 0.3) is 0 Å². The van der Waals surface area contributed by atoms with E-state index in [1.165, 1.54) is 24.3 Å². The van der Waals surface area contributed by atoms with E-state index >= 15 is 0 Å². The number of hydrogen-bond acceptors (Lipinski definition) is 3. The van der Waals surface area contributed by atoms with E-state index in [1.54, 1.807) is 25.1 Å². The fourth-order valence-corrected chi connectivity index (χ4v) is 4.42. The average molecular weight is 538 g/mol. The Kier molecular flexibility index (Phi) is 7.22. The third-order valence-corrected chi connectivity index (χ3v) is 6.75. The summed E-state index contributed by atoms with van der Waals surface area (Å²) in [6, 6.07) is 18.7. The predicted molar refractivity (Wildman–Crippen MR) is 123 cm³/mol. The number of carbonyl (C=O) groups is 1. The molecule has 1 amide bonds. The first-order valence-corrected chi connectivity index (χ1v) is 11.7. The first kappa shape index (κ1) is 22.4. The standard InChI is InChI=1S/C22H20FIN2O3S/c1-15-19(23)8-5-9-20(15)25-22(27)21(14-16-6-3-2-4-7-16)26-30(28,29)18-12-10-17(24)11-13-18/h2-13,21,26H,14H2,1H3,(H,25,27)/t21-/m1/s1. The molecule has 156 valence electrons. The van der Waals surface area contributed by atoms with Gasteiger partial charge in [0.1, 0.15) is 11.9 Å². The summed E-state index contributed by atoms with van der Waals surface area (Å²) in [6.07, 6.45) is 0.143. The number of hydrogen-bond donors (Lipinski definition) is 2. The van der Waals surface area contributed by atoms with Crippen LogP contribution < -0.4 is 10.0 Å². The molecule has 0 saturated carbocycles. The van der Waals surface area contributed by atoms with E-state index in [4.69, 9.17) is 0 Å². The quantitative estimate of drug-likeness (QED) is 0.442. The monoisotopic (exact) mass is 538 g/mol. The second-order valence-corrected chi connectivity index (χ2v) is 9.68. The fraction of sp³-hybridized carbons (Fsp3) is 0.136. The van der Waals surface area contributed by atoms with Gasteiger partial charge in [-0.3, -0.25) is 4.79 Å². The number of rotatable bonds is 7. The van der Waals surface area contributed by atoms with Gasteiger partial charge >= 0.3 is 0 Å². The molecule has 30 heavy (non-hydrogen) atoms. The lowest BCUT2D eigenvalue weighted by atomic mass is 10.1. The van der Waals surface area contributed by atoms with Gasteiger partial charge in [-0.25, -0.2) is 12.8 Å². The maximum atomic E-state index is 13.8. The normalized spacial score (nSPS) is 12.4. The van der Waals surface area contributed by atoms with Gasteiger partial charge in [-0.05, 0) is 77.9 Å². The highest BCUT2D eigenvalue weighted by Gasteiger charge is 2.26. The first-order chi connectivity index (χ1) is 14.3. The van der Waals surface area contributed by atoms with Crippen molar-refractivity contribution in [2.75, 3.05) is 5.32 Å². The lowest BCUT2D eigenvalue weighted by Crippen LogP contribution is -2.45. The molecule has 5 nitrogen and oxygen atoms in total. The highest BCUT2D eigenvalue weighted by Crippen LogP contribution is 2.19. The molecular weight excluding hydrogens is 518 g/mol. The molecule has 3 aromatic carbocycles. The van der Waals surface area contributed by atoms with Crippen LogP contribution in [-0.4, -0.2) is 20.4 Å². The van der Waals surface area contributed by atoms with Crippen molar-refractivity contribution in [2.24, 2.45) is 0 Å². The molecule has 0 aliphatic carbocycles. The number of carbonyl (C=O) groups excluding carboxylic acids is 1. The van der Waals surface area contributed by atoms with Crippen LogP contribution in [-0.2, 0) is 21.2 Å². The van der Waals surface area contributed by atoms with E-state index in [0.29, 0.717) is 5.69 Å². The average Bonchev–Trinajstić information content (AvgIpc) is 2.72. The van der Waals surface area contributed by atoms with Gasteiger partial charge in [0.15, 0.2) is 0 Å². The summed E-state index contributed by atoms with van der Waals surface area (Å²) in [5.41, 5.74) is 1.37. The Bertz CT molecular complexity index is 1140. The van der Waals surface area contributed by atoms with Gasteiger partial charge in [0.25, 0.3) is 0 Å². The van der Waals surface area contributed by atoms with Crippen LogP contribution in [0.3, 0.4) is 0 Å². The summed E-state index contributed by atoms with van der Waals surface area (Å²) in [5, 5.41) is 2.65. The van der Waals surface area contributed by atoms with Gasteiger partial charge in [-0.2, -0.15) is 4.72 Å². The van der Waals surface area contributed by atoms with E-state index in [2.05, 4.69) is 32.6 Å². The maximum Gasteiger partial charge on any atom is 0.242 e. The highest BCUT2D eigenvalue weighted by molar-refractivity contribution is 14.1. The predicted octanol–water partition coefficient (Wildman–Crippen LogP) is 4.27. The van der Waals surface area contributed by atoms with Crippen LogP contribution in [0.4, 0.5) is 10.1 Å². The molecule has 3 aromatic rings. The van der Waals surface area contributed by atoms with Gasteiger partial charge in [0.05, 0.1) is 4.90 Å². The molecular formula is C22H20FIN2O3S. The topological polar surface area (TPSA) is 75.3 Å². The van der Waals surface area contributed by atoms with Crippen molar-refractivity contribution in [3.05, 3.63) is 93.3 Å². The van der Waals surface area contributed by atoms with Crippen molar-refractivity contribution in [2.45, 2.75) is 24.3 Å². The molecule has 1 atom stereocenters. The van der Waals surface area contributed by atoms with Gasteiger partial charge in [-0.15, -0.1) is 0 Å². The van der Waals surface area contributed by atoms with Crippen LogP contribution in [0.15, 0.2) is 77.7 Å². The third-order valence-electron chi connectivity index (χ3n) is 4.55. The molecule has 2 N–H and O–H groups in total. The summed E-state index contributed by atoms with van der Waals surface area (Å²) in [5.74, 6) is -1.02. The Morgan fingerprint density at radius 2 is 1.67 bits per heavy atom. The summed E-state index contributed by atoms with van der Waals surface area (Å²) in [6.45, 7) is 1.55. The molecule has 3 rings (SSSR count). The van der Waals surface area contributed by atoms with Crippen molar-refractivity contribution in [3.8, 4) is 0 Å². The zero-order chi connectivity index (χ0) is 21.7. The van der Waals surface area contributed by atoms with Crippen LogP contribution in [0.5, 0.6) is 0 Å². The van der Waals surface area contributed by atoms with Crippen LogP contribution in [0.1, 0.15) is 11.1 Å². The molecule has 0 aliphatic rings. The number of nitrogens with one attached hydrogen (secondary N) is 2. The smallest absolute Gasteiger partial charge is 0.242 e. The number of anilines is 1. The molecule has 0 unspecified atom stereocenters. The second-order valence-electron chi connectivity index (χ2n) is 6.72. The van der Waals surface area contributed by atoms with E-state index in [-0.39, 0.29) is 16.9 Å². The number of amides is 1. The first-order valence-electron chi connectivity index (χ1n) is 9.14. The van der Waals surface area contributed by atoms with Gasteiger partial charge < -0.3 is 5.32 Å². The Balaban J connectivity index is 1.88. The van der Waals surface area contributed by atoms with E-state index in [9.17, 15) is 17.6 Å². The summed E-state index contributed by atoms with van der Waals surface area (Å²) < 4.78 is 43.0. The van der Waals surface area contributed by atoms with Crippen molar-refractivity contribution in [1.29, 1.82) is 0 Å². The number of benzene rings is 3. The largest absolute Gasteiger partial charge is 0.324 e. The Morgan fingerprint density at radius 1 is 1.00 bits per heavy atom. The van der Waals surface area contributed by atoms with Crippen molar-refractivity contribution in [3.63, 3.8) is 0 Å².